The highest BCUT2D eigenvalue weighted by molar-refractivity contribution is 4.75. The van der Waals surface area contributed by atoms with Gasteiger partial charge in [-0.15, -0.1) is 0 Å². The normalized spacial score (nSPS) is 23.8. The fourth-order valence-corrected chi connectivity index (χ4v) is 1.82. The highest BCUT2D eigenvalue weighted by Gasteiger charge is 2.19. The molecule has 0 saturated carbocycles. The molecule has 13 heavy (non-hydrogen) atoms. The molecule has 0 aromatic carbocycles. The zero-order valence-electron chi connectivity index (χ0n) is 8.92. The summed E-state index contributed by atoms with van der Waals surface area (Å²) in [7, 11) is 0. The molecule has 3 heteroatoms. The van der Waals surface area contributed by atoms with E-state index in [1.807, 2.05) is 0 Å². The summed E-state index contributed by atoms with van der Waals surface area (Å²) in [5, 5.41) is 8.03. The first-order valence-electron chi connectivity index (χ1n) is 5.49. The van der Waals surface area contributed by atoms with Gasteiger partial charge in [0.15, 0.2) is 0 Å². The maximum absolute atomic E-state index is 4.63. The van der Waals surface area contributed by atoms with Crippen molar-refractivity contribution in [1.29, 1.82) is 0 Å². The number of hydrogen-bond donors (Lipinski definition) is 1. The van der Waals surface area contributed by atoms with Crippen LogP contribution in [0, 0.1) is 0 Å². The third-order valence-electron chi connectivity index (χ3n) is 2.40. The molecule has 0 spiro atoms. The fourth-order valence-electron chi connectivity index (χ4n) is 1.82. The van der Waals surface area contributed by atoms with E-state index in [0.717, 1.165) is 19.6 Å². The number of rotatable bonds is 5. The minimum absolute atomic E-state index is 0.439. The van der Waals surface area contributed by atoms with Gasteiger partial charge in [0.25, 0.3) is 0 Å². The molecule has 0 aromatic heterocycles. The average Bonchev–Trinajstić information content (AvgIpc) is 2.19. The van der Waals surface area contributed by atoms with Crippen molar-refractivity contribution in [2.45, 2.75) is 32.9 Å². The van der Waals surface area contributed by atoms with Crippen LogP contribution in [0.5, 0.6) is 0 Å². The molecule has 0 aromatic rings. The predicted molar refractivity (Wildman–Crippen MR) is 55.8 cm³/mol. The van der Waals surface area contributed by atoms with Gasteiger partial charge in [0.05, 0.1) is 6.17 Å². The van der Waals surface area contributed by atoms with Gasteiger partial charge < -0.3 is 5.32 Å². The van der Waals surface area contributed by atoms with Crippen molar-refractivity contribution in [2.24, 2.45) is 0 Å². The molecule has 1 radical (unpaired) electrons. The van der Waals surface area contributed by atoms with Gasteiger partial charge in [0, 0.05) is 19.6 Å². The van der Waals surface area contributed by atoms with Crippen LogP contribution in [0.3, 0.4) is 0 Å². The van der Waals surface area contributed by atoms with Crippen LogP contribution >= 0.6 is 0 Å². The van der Waals surface area contributed by atoms with E-state index in [2.05, 4.69) is 29.4 Å². The summed E-state index contributed by atoms with van der Waals surface area (Å²) in [5.74, 6) is 0. The van der Waals surface area contributed by atoms with Gasteiger partial charge in [-0.05, 0) is 25.9 Å². The number of nitrogens with one attached hydrogen (secondary N) is 1. The Bertz CT molecular complexity index is 115. The van der Waals surface area contributed by atoms with Crippen molar-refractivity contribution >= 4 is 0 Å². The van der Waals surface area contributed by atoms with Crippen LogP contribution in [0.4, 0.5) is 0 Å². The van der Waals surface area contributed by atoms with E-state index < -0.39 is 0 Å². The number of piperazine rings is 1. The minimum atomic E-state index is 0.439. The molecule has 1 atom stereocenters. The summed E-state index contributed by atoms with van der Waals surface area (Å²) in [4.78, 5) is 2.49. The third-order valence-corrected chi connectivity index (χ3v) is 2.40. The largest absolute Gasteiger partial charge is 0.312 e. The highest BCUT2D eigenvalue weighted by atomic mass is 15.3. The molecule has 1 unspecified atom stereocenters. The maximum Gasteiger partial charge on any atom is 0.0887 e. The lowest BCUT2D eigenvalue weighted by molar-refractivity contribution is 0.144. The van der Waals surface area contributed by atoms with Crippen LogP contribution in [0.15, 0.2) is 0 Å². The second kappa shape index (κ2) is 6.35. The topological polar surface area (TPSA) is 29.4 Å². The summed E-state index contributed by atoms with van der Waals surface area (Å²) in [6.07, 6.45) is 2.89. The van der Waals surface area contributed by atoms with Crippen LogP contribution in [0.1, 0.15) is 26.7 Å². The van der Waals surface area contributed by atoms with E-state index in [1.54, 1.807) is 0 Å². The molecule has 0 aliphatic carbocycles. The molecule has 1 saturated heterocycles. The molecule has 1 N–H and O–H groups in total. The van der Waals surface area contributed by atoms with E-state index in [4.69, 9.17) is 0 Å². The van der Waals surface area contributed by atoms with E-state index in [-0.39, 0.29) is 0 Å². The molecular weight excluding hydrogens is 162 g/mol. The van der Waals surface area contributed by atoms with E-state index in [9.17, 15) is 0 Å². The summed E-state index contributed by atoms with van der Waals surface area (Å²) in [6, 6.07) is 0. The molecule has 3 nitrogen and oxygen atoms in total. The molecule has 1 aliphatic rings. The number of hydrogen-bond acceptors (Lipinski definition) is 2. The molecule has 77 valence electrons. The summed E-state index contributed by atoms with van der Waals surface area (Å²) < 4.78 is 0. The van der Waals surface area contributed by atoms with Crippen LogP contribution in [0.25, 0.3) is 0 Å². The van der Waals surface area contributed by atoms with Gasteiger partial charge in [-0.1, -0.05) is 13.8 Å². The van der Waals surface area contributed by atoms with Gasteiger partial charge in [-0.25, -0.2) is 5.32 Å². The Kier molecular flexibility index (Phi) is 5.35. The molecular formula is C10H22N3. The fraction of sp³-hybridized carbons (Fsp3) is 1.00. The van der Waals surface area contributed by atoms with Crippen molar-refractivity contribution in [1.82, 2.24) is 15.5 Å². The molecule has 0 bridgehead atoms. The van der Waals surface area contributed by atoms with Gasteiger partial charge >= 0.3 is 0 Å². The molecule has 1 aliphatic heterocycles. The van der Waals surface area contributed by atoms with Crippen LogP contribution < -0.4 is 10.6 Å². The highest BCUT2D eigenvalue weighted by Crippen LogP contribution is 2.02. The van der Waals surface area contributed by atoms with Crippen LogP contribution in [-0.2, 0) is 0 Å². The Morgan fingerprint density at radius 2 is 2.00 bits per heavy atom. The van der Waals surface area contributed by atoms with E-state index >= 15 is 0 Å². The third kappa shape index (κ3) is 3.63. The number of nitrogens with zero attached hydrogens (tertiary/aromatic N) is 2. The van der Waals surface area contributed by atoms with Crippen molar-refractivity contribution in [2.75, 3.05) is 32.7 Å². The SMILES string of the molecule is CCCN(CCC)C1CNCC[N]1. The first-order chi connectivity index (χ1) is 6.38. The first-order valence-corrected chi connectivity index (χ1v) is 5.49. The minimum Gasteiger partial charge on any atom is -0.312 e. The van der Waals surface area contributed by atoms with Crippen molar-refractivity contribution in [3.8, 4) is 0 Å². The molecule has 1 heterocycles. The van der Waals surface area contributed by atoms with Gasteiger partial charge in [-0.3, -0.25) is 4.90 Å². The quantitative estimate of drug-likeness (QED) is 0.679. The van der Waals surface area contributed by atoms with Gasteiger partial charge in [0.2, 0.25) is 0 Å². The Labute approximate surface area is 81.9 Å². The van der Waals surface area contributed by atoms with Crippen LogP contribution in [-0.4, -0.2) is 43.8 Å². The summed E-state index contributed by atoms with van der Waals surface area (Å²) >= 11 is 0. The second-order valence-electron chi connectivity index (χ2n) is 3.63. The molecule has 1 fully saturated rings. The molecule has 0 amide bonds. The second-order valence-corrected chi connectivity index (χ2v) is 3.63. The van der Waals surface area contributed by atoms with E-state index in [0.29, 0.717) is 6.17 Å². The van der Waals surface area contributed by atoms with Crippen LogP contribution in [0.2, 0.25) is 0 Å². The average molecular weight is 184 g/mol. The van der Waals surface area contributed by atoms with E-state index in [1.165, 1.54) is 25.9 Å². The Hall–Kier alpha value is -0.120. The van der Waals surface area contributed by atoms with Crippen molar-refractivity contribution in [3.05, 3.63) is 0 Å². The lowest BCUT2D eigenvalue weighted by Gasteiger charge is -2.33. The lowest BCUT2D eigenvalue weighted by Crippen LogP contribution is -2.54. The lowest BCUT2D eigenvalue weighted by atomic mass is 10.2. The summed E-state index contributed by atoms with van der Waals surface area (Å²) in [5.41, 5.74) is 0. The standard InChI is InChI=1S/C10H22N3/c1-3-7-13(8-4-2)10-9-11-5-6-12-10/h10-11H,3-9H2,1-2H3. The predicted octanol–water partition coefficient (Wildman–Crippen LogP) is 0.642. The monoisotopic (exact) mass is 184 g/mol. The van der Waals surface area contributed by atoms with Crippen molar-refractivity contribution in [3.63, 3.8) is 0 Å². The Balaban J connectivity index is 2.32. The first kappa shape index (κ1) is 11.0. The van der Waals surface area contributed by atoms with Crippen molar-refractivity contribution < 1.29 is 0 Å². The smallest absolute Gasteiger partial charge is 0.0887 e. The van der Waals surface area contributed by atoms with Gasteiger partial charge in [-0.2, -0.15) is 0 Å². The zero-order chi connectivity index (χ0) is 9.52. The Morgan fingerprint density at radius 1 is 1.31 bits per heavy atom. The summed E-state index contributed by atoms with van der Waals surface area (Å²) in [6.45, 7) is 9.92. The Morgan fingerprint density at radius 3 is 2.46 bits per heavy atom. The maximum atomic E-state index is 4.63. The zero-order valence-corrected chi connectivity index (χ0v) is 8.92. The van der Waals surface area contributed by atoms with Gasteiger partial charge in [0.1, 0.15) is 0 Å². The molecule has 1 rings (SSSR count).